The second kappa shape index (κ2) is 7.38. The van der Waals surface area contributed by atoms with Crippen LogP contribution >= 0.6 is 0 Å². The van der Waals surface area contributed by atoms with Gasteiger partial charge in [-0.1, -0.05) is 32.0 Å². The lowest BCUT2D eigenvalue weighted by atomic mass is 10.1. The molecule has 0 unspecified atom stereocenters. The van der Waals surface area contributed by atoms with Gasteiger partial charge in [-0.15, -0.1) is 0 Å². The molecule has 3 heterocycles. The van der Waals surface area contributed by atoms with Crippen LogP contribution < -0.4 is 5.56 Å². The van der Waals surface area contributed by atoms with Gasteiger partial charge in [0, 0.05) is 5.39 Å². The maximum absolute atomic E-state index is 13.3. The summed E-state index contributed by atoms with van der Waals surface area (Å²) < 4.78 is 13.1. The third kappa shape index (κ3) is 3.33. The van der Waals surface area contributed by atoms with Crippen molar-refractivity contribution < 1.29 is 13.9 Å². The molecule has 4 rings (SSSR count). The van der Waals surface area contributed by atoms with Crippen LogP contribution in [0, 0.1) is 0 Å². The highest BCUT2D eigenvalue weighted by molar-refractivity contribution is 5.86. The van der Waals surface area contributed by atoms with Gasteiger partial charge in [0.1, 0.15) is 17.8 Å². The van der Waals surface area contributed by atoms with Gasteiger partial charge in [0.25, 0.3) is 5.56 Å². The Morgan fingerprint density at radius 1 is 1.17 bits per heavy atom. The van der Waals surface area contributed by atoms with Crippen molar-refractivity contribution in [1.29, 1.82) is 0 Å². The molecule has 0 saturated carbocycles. The first-order chi connectivity index (χ1) is 14.0. The van der Waals surface area contributed by atoms with Crippen molar-refractivity contribution in [3.63, 3.8) is 0 Å². The first kappa shape index (κ1) is 18.7. The van der Waals surface area contributed by atoms with Crippen molar-refractivity contribution in [2.75, 3.05) is 7.11 Å². The van der Waals surface area contributed by atoms with Crippen molar-refractivity contribution in [1.82, 2.24) is 19.6 Å². The number of hydrogen-bond donors (Lipinski definition) is 0. The van der Waals surface area contributed by atoms with Crippen molar-refractivity contribution >= 4 is 16.9 Å². The van der Waals surface area contributed by atoms with E-state index in [0.29, 0.717) is 11.3 Å². The van der Waals surface area contributed by atoms with Crippen molar-refractivity contribution in [3.05, 3.63) is 76.2 Å². The van der Waals surface area contributed by atoms with E-state index in [1.807, 2.05) is 44.2 Å². The number of esters is 1. The maximum Gasteiger partial charge on any atom is 0.373 e. The Bertz CT molecular complexity index is 1230. The van der Waals surface area contributed by atoms with Gasteiger partial charge in [0.2, 0.25) is 5.76 Å². The van der Waals surface area contributed by atoms with E-state index < -0.39 is 5.97 Å². The third-order valence-corrected chi connectivity index (χ3v) is 4.61. The number of fused-ring (bicyclic) bond motifs is 1. The van der Waals surface area contributed by atoms with Gasteiger partial charge in [-0.3, -0.25) is 4.79 Å². The monoisotopic (exact) mass is 392 g/mol. The number of rotatable bonds is 5. The van der Waals surface area contributed by atoms with Crippen LogP contribution in [0.25, 0.3) is 16.6 Å². The molecule has 8 heteroatoms. The Morgan fingerprint density at radius 2 is 1.93 bits per heavy atom. The molecular formula is C21H20N4O4. The number of benzene rings is 1. The lowest BCUT2D eigenvalue weighted by molar-refractivity contribution is 0.0562. The molecule has 0 fully saturated rings. The lowest BCUT2D eigenvalue weighted by Gasteiger charge is -2.11. The fraction of sp³-hybridized carbons (Fsp3) is 0.238. The third-order valence-electron chi connectivity index (χ3n) is 4.61. The number of carbonyl (C=O) groups is 1. The molecule has 0 bridgehead atoms. The molecule has 0 atom stereocenters. The smallest absolute Gasteiger partial charge is 0.373 e. The normalized spacial score (nSPS) is 11.3. The number of ether oxygens (including phenoxy) is 1. The average Bonchev–Trinajstić information content (AvgIpc) is 3.37. The molecule has 0 aliphatic carbocycles. The molecule has 3 aromatic heterocycles. The number of methoxy groups -OCH3 is 1. The Labute approximate surface area is 166 Å². The summed E-state index contributed by atoms with van der Waals surface area (Å²) in [7, 11) is 1.28. The summed E-state index contributed by atoms with van der Waals surface area (Å²) in [5.74, 6) is 0.0203. The van der Waals surface area contributed by atoms with Crippen LogP contribution in [0.1, 0.15) is 41.8 Å². The van der Waals surface area contributed by atoms with Crippen LogP contribution in [0.15, 0.2) is 57.9 Å². The predicted molar refractivity (Wildman–Crippen MR) is 106 cm³/mol. The summed E-state index contributed by atoms with van der Waals surface area (Å²) in [4.78, 5) is 24.9. The van der Waals surface area contributed by atoms with Crippen LogP contribution in [0.2, 0.25) is 0 Å². The molecule has 0 aliphatic heterocycles. The summed E-state index contributed by atoms with van der Waals surface area (Å²) in [6.45, 7) is 4.11. The first-order valence-electron chi connectivity index (χ1n) is 9.20. The van der Waals surface area contributed by atoms with Gasteiger partial charge < -0.3 is 9.15 Å². The van der Waals surface area contributed by atoms with E-state index in [0.717, 1.165) is 16.8 Å². The molecular weight excluding hydrogens is 372 g/mol. The second-order valence-electron chi connectivity index (χ2n) is 6.91. The molecule has 1 aromatic carbocycles. The fourth-order valence-corrected chi connectivity index (χ4v) is 3.21. The molecule has 29 heavy (non-hydrogen) atoms. The summed E-state index contributed by atoms with van der Waals surface area (Å²) >= 11 is 0. The van der Waals surface area contributed by atoms with Gasteiger partial charge in [-0.05, 0) is 30.2 Å². The number of hydrogen-bond acceptors (Lipinski definition) is 6. The maximum atomic E-state index is 13.3. The van der Waals surface area contributed by atoms with Crippen LogP contribution in [-0.2, 0) is 11.3 Å². The zero-order valence-corrected chi connectivity index (χ0v) is 16.3. The van der Waals surface area contributed by atoms with Gasteiger partial charge >= 0.3 is 5.97 Å². The highest BCUT2D eigenvalue weighted by Crippen LogP contribution is 2.23. The fourth-order valence-electron chi connectivity index (χ4n) is 3.21. The zero-order chi connectivity index (χ0) is 20.5. The largest absolute Gasteiger partial charge is 0.463 e. The Kier molecular flexibility index (Phi) is 4.75. The second-order valence-corrected chi connectivity index (χ2v) is 6.91. The molecule has 0 aliphatic rings. The summed E-state index contributed by atoms with van der Waals surface area (Å²) in [5.41, 5.74) is 1.72. The van der Waals surface area contributed by atoms with Gasteiger partial charge in [-0.25, -0.2) is 14.2 Å². The van der Waals surface area contributed by atoms with E-state index in [1.54, 1.807) is 16.9 Å². The van der Waals surface area contributed by atoms with Crippen LogP contribution in [-0.4, -0.2) is 32.6 Å². The van der Waals surface area contributed by atoms with E-state index >= 15 is 0 Å². The minimum atomic E-state index is -0.572. The summed E-state index contributed by atoms with van der Waals surface area (Å²) in [6.07, 6.45) is 1.68. The molecule has 0 spiro atoms. The summed E-state index contributed by atoms with van der Waals surface area (Å²) in [6, 6.07) is 12.6. The Hall–Kier alpha value is -3.68. The van der Waals surface area contributed by atoms with Crippen molar-refractivity contribution in [2.45, 2.75) is 26.3 Å². The minimum absolute atomic E-state index is 0.0787. The van der Waals surface area contributed by atoms with E-state index in [-0.39, 0.29) is 23.8 Å². The zero-order valence-electron chi connectivity index (χ0n) is 16.3. The topological polar surface area (TPSA) is 92.2 Å². The predicted octanol–water partition coefficient (Wildman–Crippen LogP) is 3.13. The van der Waals surface area contributed by atoms with E-state index in [2.05, 4.69) is 14.9 Å². The molecule has 0 radical (unpaired) electrons. The number of carbonyl (C=O) groups excluding carboxylic acids is 1. The van der Waals surface area contributed by atoms with E-state index in [4.69, 9.17) is 4.42 Å². The Balaban J connectivity index is 1.86. The lowest BCUT2D eigenvalue weighted by Crippen LogP contribution is -2.26. The summed E-state index contributed by atoms with van der Waals surface area (Å²) in [5, 5.41) is 9.71. The van der Waals surface area contributed by atoms with E-state index in [9.17, 15) is 9.59 Å². The van der Waals surface area contributed by atoms with E-state index in [1.165, 1.54) is 17.9 Å². The molecule has 4 aromatic rings. The minimum Gasteiger partial charge on any atom is -0.463 e. The van der Waals surface area contributed by atoms with Crippen LogP contribution in [0.5, 0.6) is 0 Å². The average molecular weight is 392 g/mol. The quantitative estimate of drug-likeness (QED) is 0.485. The molecule has 0 N–H and O–H groups in total. The molecule has 0 amide bonds. The Morgan fingerprint density at radius 3 is 2.62 bits per heavy atom. The van der Waals surface area contributed by atoms with Gasteiger partial charge in [0.05, 0.1) is 24.7 Å². The molecule has 148 valence electrons. The number of aromatic nitrogens is 4. The van der Waals surface area contributed by atoms with Crippen molar-refractivity contribution in [2.24, 2.45) is 0 Å². The van der Waals surface area contributed by atoms with Crippen LogP contribution in [0.3, 0.4) is 0 Å². The molecule has 0 saturated heterocycles. The van der Waals surface area contributed by atoms with Crippen molar-refractivity contribution in [3.8, 4) is 5.69 Å². The number of para-hydroxylation sites is 1. The highest BCUT2D eigenvalue weighted by atomic mass is 16.5. The highest BCUT2D eigenvalue weighted by Gasteiger charge is 2.20. The number of furan rings is 1. The van der Waals surface area contributed by atoms with Gasteiger partial charge in [-0.2, -0.15) is 10.2 Å². The standard InChI is InChI=1S/C21H20N4O4/c1-13(2)18-16-11-22-25(14-7-5-4-6-8-14)19(16)20(26)24(23-18)12-15-9-10-17(29-15)21(27)28-3/h4-11,13H,12H2,1-3H3. The van der Waals surface area contributed by atoms with Gasteiger partial charge in [0.15, 0.2) is 0 Å². The van der Waals surface area contributed by atoms with Crippen LogP contribution in [0.4, 0.5) is 0 Å². The SMILES string of the molecule is COC(=O)c1ccc(Cn2nc(C(C)C)c3cnn(-c4ccccc4)c3c2=O)o1. The number of nitrogens with zero attached hydrogens (tertiary/aromatic N) is 4. The first-order valence-corrected chi connectivity index (χ1v) is 9.20. The molecule has 8 nitrogen and oxygen atoms in total.